The van der Waals surface area contributed by atoms with Gasteiger partial charge in [-0.1, -0.05) is 24.1 Å². The molecule has 2 unspecified atom stereocenters. The van der Waals surface area contributed by atoms with Crippen LogP contribution < -0.4 is 5.73 Å². The molecule has 2 rings (SSSR count). The van der Waals surface area contributed by atoms with Crippen molar-refractivity contribution in [3.05, 3.63) is 28.8 Å². The second-order valence-corrected chi connectivity index (χ2v) is 7.59. The summed E-state index contributed by atoms with van der Waals surface area (Å²) in [5.74, 6) is 0. The van der Waals surface area contributed by atoms with Crippen LogP contribution in [-0.2, 0) is 10.0 Å². The van der Waals surface area contributed by atoms with Gasteiger partial charge in [0.05, 0.1) is 4.90 Å². The Morgan fingerprint density at radius 1 is 1.40 bits per heavy atom. The molecule has 6 heteroatoms. The van der Waals surface area contributed by atoms with Gasteiger partial charge in [0.15, 0.2) is 0 Å². The Bertz CT molecular complexity index is 589. The number of piperidine rings is 1. The molecule has 0 spiro atoms. The van der Waals surface area contributed by atoms with Crippen LogP contribution in [0.25, 0.3) is 0 Å². The predicted octanol–water partition coefficient (Wildman–Crippen LogP) is 2.54. The van der Waals surface area contributed by atoms with E-state index >= 15 is 0 Å². The quantitative estimate of drug-likeness (QED) is 0.932. The zero-order valence-electron chi connectivity index (χ0n) is 11.8. The van der Waals surface area contributed by atoms with Crippen molar-refractivity contribution in [2.24, 2.45) is 5.73 Å². The molecule has 1 aromatic rings. The van der Waals surface area contributed by atoms with Gasteiger partial charge in [0.2, 0.25) is 10.0 Å². The van der Waals surface area contributed by atoms with E-state index in [0.29, 0.717) is 17.1 Å². The highest BCUT2D eigenvalue weighted by molar-refractivity contribution is 7.89. The first-order chi connectivity index (χ1) is 9.39. The molecule has 0 radical (unpaired) electrons. The van der Waals surface area contributed by atoms with Crippen LogP contribution in [0.4, 0.5) is 0 Å². The average molecular weight is 317 g/mol. The SMILES string of the molecule is Cc1c(Cl)cccc1S(=O)(=O)N1C(C)CCCC1CN. The lowest BCUT2D eigenvalue weighted by Crippen LogP contribution is -2.51. The van der Waals surface area contributed by atoms with Crippen LogP contribution >= 0.6 is 11.6 Å². The summed E-state index contributed by atoms with van der Waals surface area (Å²) in [6, 6.07) is 4.85. The highest BCUT2D eigenvalue weighted by atomic mass is 35.5. The van der Waals surface area contributed by atoms with Crippen LogP contribution in [0, 0.1) is 6.92 Å². The van der Waals surface area contributed by atoms with Crippen molar-refractivity contribution in [1.82, 2.24) is 4.31 Å². The molecule has 0 amide bonds. The minimum Gasteiger partial charge on any atom is -0.329 e. The van der Waals surface area contributed by atoms with E-state index < -0.39 is 10.0 Å². The van der Waals surface area contributed by atoms with Gasteiger partial charge in [-0.2, -0.15) is 4.31 Å². The van der Waals surface area contributed by atoms with Gasteiger partial charge in [0.25, 0.3) is 0 Å². The maximum Gasteiger partial charge on any atom is 0.243 e. The van der Waals surface area contributed by atoms with Crippen LogP contribution in [0.15, 0.2) is 23.1 Å². The molecule has 1 saturated heterocycles. The van der Waals surface area contributed by atoms with Gasteiger partial charge in [-0.15, -0.1) is 0 Å². The van der Waals surface area contributed by atoms with E-state index in [4.69, 9.17) is 17.3 Å². The molecule has 1 aromatic carbocycles. The number of rotatable bonds is 3. The molecular formula is C14H21ClN2O2S. The molecule has 0 saturated carbocycles. The van der Waals surface area contributed by atoms with Gasteiger partial charge in [-0.05, 0) is 44.4 Å². The van der Waals surface area contributed by atoms with Crippen molar-refractivity contribution in [2.75, 3.05) is 6.54 Å². The number of hydrogen-bond acceptors (Lipinski definition) is 3. The summed E-state index contributed by atoms with van der Waals surface area (Å²) < 4.78 is 27.5. The first-order valence-corrected chi connectivity index (χ1v) is 8.70. The Labute approximate surface area is 126 Å². The fourth-order valence-corrected chi connectivity index (χ4v) is 5.27. The Balaban J connectivity index is 2.50. The first-order valence-electron chi connectivity index (χ1n) is 6.88. The second-order valence-electron chi connectivity index (χ2n) is 5.37. The van der Waals surface area contributed by atoms with Gasteiger partial charge < -0.3 is 5.73 Å². The normalized spacial score (nSPS) is 24.8. The fourth-order valence-electron chi connectivity index (χ4n) is 2.90. The molecule has 1 heterocycles. The lowest BCUT2D eigenvalue weighted by Gasteiger charge is -2.39. The Morgan fingerprint density at radius 3 is 2.75 bits per heavy atom. The van der Waals surface area contributed by atoms with Gasteiger partial charge in [-0.25, -0.2) is 8.42 Å². The Hall–Kier alpha value is -0.620. The molecule has 2 atom stereocenters. The Kier molecular flexibility index (Phi) is 4.74. The van der Waals surface area contributed by atoms with Crippen molar-refractivity contribution < 1.29 is 8.42 Å². The highest BCUT2D eigenvalue weighted by Crippen LogP contribution is 2.32. The zero-order valence-corrected chi connectivity index (χ0v) is 13.4. The monoisotopic (exact) mass is 316 g/mol. The minimum absolute atomic E-state index is 0.0271. The summed E-state index contributed by atoms with van der Waals surface area (Å²) in [5, 5.41) is 0.472. The number of hydrogen-bond donors (Lipinski definition) is 1. The van der Waals surface area contributed by atoms with Crippen LogP contribution in [0.2, 0.25) is 5.02 Å². The summed E-state index contributed by atoms with van der Waals surface area (Å²) in [6.45, 7) is 4.03. The summed E-state index contributed by atoms with van der Waals surface area (Å²) in [5.41, 5.74) is 6.37. The summed E-state index contributed by atoms with van der Waals surface area (Å²) in [7, 11) is -3.56. The number of halogens is 1. The van der Waals surface area contributed by atoms with E-state index in [-0.39, 0.29) is 17.0 Å². The van der Waals surface area contributed by atoms with E-state index in [1.807, 2.05) is 6.92 Å². The van der Waals surface area contributed by atoms with E-state index in [2.05, 4.69) is 0 Å². The summed E-state index contributed by atoms with van der Waals surface area (Å²) >= 11 is 6.06. The molecule has 1 aliphatic rings. The van der Waals surface area contributed by atoms with Gasteiger partial charge >= 0.3 is 0 Å². The number of benzene rings is 1. The standard InChI is InChI=1S/C14H21ClN2O2S/c1-10-5-3-6-12(9-16)17(10)20(18,19)14-8-4-7-13(15)11(14)2/h4,7-8,10,12H,3,5-6,9,16H2,1-2H3. The summed E-state index contributed by atoms with van der Waals surface area (Å²) in [6.07, 6.45) is 2.71. The third-order valence-electron chi connectivity index (χ3n) is 4.00. The molecule has 0 aromatic heterocycles. The largest absolute Gasteiger partial charge is 0.329 e. The maximum atomic E-state index is 13.0. The molecule has 0 aliphatic carbocycles. The van der Waals surface area contributed by atoms with Crippen LogP contribution in [-0.4, -0.2) is 31.4 Å². The zero-order chi connectivity index (χ0) is 14.9. The van der Waals surface area contributed by atoms with E-state index in [9.17, 15) is 8.42 Å². The van der Waals surface area contributed by atoms with E-state index in [1.165, 1.54) is 0 Å². The number of sulfonamides is 1. The van der Waals surface area contributed by atoms with Crippen molar-refractivity contribution in [3.63, 3.8) is 0 Å². The van der Waals surface area contributed by atoms with E-state index in [1.54, 1.807) is 29.4 Å². The van der Waals surface area contributed by atoms with Crippen molar-refractivity contribution in [2.45, 2.75) is 50.1 Å². The smallest absolute Gasteiger partial charge is 0.243 e. The molecular weight excluding hydrogens is 296 g/mol. The van der Waals surface area contributed by atoms with Crippen molar-refractivity contribution >= 4 is 21.6 Å². The molecule has 1 aliphatic heterocycles. The van der Waals surface area contributed by atoms with Crippen LogP contribution in [0.1, 0.15) is 31.7 Å². The Morgan fingerprint density at radius 2 is 2.10 bits per heavy atom. The fraction of sp³-hybridized carbons (Fsp3) is 0.571. The molecule has 2 N–H and O–H groups in total. The topological polar surface area (TPSA) is 63.4 Å². The first kappa shape index (κ1) is 15.8. The lowest BCUT2D eigenvalue weighted by molar-refractivity contribution is 0.196. The number of nitrogens with zero attached hydrogens (tertiary/aromatic N) is 1. The van der Waals surface area contributed by atoms with Gasteiger partial charge in [0, 0.05) is 23.7 Å². The number of nitrogens with two attached hydrogens (primary N) is 1. The summed E-state index contributed by atoms with van der Waals surface area (Å²) in [4.78, 5) is 0.289. The molecule has 4 nitrogen and oxygen atoms in total. The van der Waals surface area contributed by atoms with Crippen LogP contribution in [0.3, 0.4) is 0 Å². The third kappa shape index (κ3) is 2.72. The van der Waals surface area contributed by atoms with Gasteiger partial charge in [0.1, 0.15) is 0 Å². The molecule has 0 bridgehead atoms. The van der Waals surface area contributed by atoms with Gasteiger partial charge in [-0.3, -0.25) is 0 Å². The maximum absolute atomic E-state index is 13.0. The van der Waals surface area contributed by atoms with E-state index in [0.717, 1.165) is 19.3 Å². The van der Waals surface area contributed by atoms with Crippen LogP contribution in [0.5, 0.6) is 0 Å². The second kappa shape index (κ2) is 6.02. The highest BCUT2D eigenvalue weighted by Gasteiger charge is 2.37. The average Bonchev–Trinajstić information content (AvgIpc) is 2.41. The van der Waals surface area contributed by atoms with Crippen molar-refractivity contribution in [1.29, 1.82) is 0 Å². The predicted molar refractivity (Wildman–Crippen MR) is 81.4 cm³/mol. The molecule has 112 valence electrons. The minimum atomic E-state index is -3.56. The lowest BCUT2D eigenvalue weighted by atomic mass is 10.00. The van der Waals surface area contributed by atoms with Crippen molar-refractivity contribution in [3.8, 4) is 0 Å². The molecule has 20 heavy (non-hydrogen) atoms. The third-order valence-corrected chi connectivity index (χ3v) is 6.62. The molecule has 1 fully saturated rings.